The Hall–Kier alpha value is -0.870. The Morgan fingerprint density at radius 1 is 1.62 bits per heavy atom. The minimum Gasteiger partial charge on any atom is -0.381 e. The van der Waals surface area contributed by atoms with Crippen LogP contribution in [0.3, 0.4) is 0 Å². The van der Waals surface area contributed by atoms with Crippen molar-refractivity contribution in [2.24, 2.45) is 13.0 Å². The minimum absolute atomic E-state index is 0.704. The van der Waals surface area contributed by atoms with E-state index in [0.29, 0.717) is 5.92 Å². The molecule has 4 nitrogen and oxygen atoms in total. The number of ether oxygens (including phenoxy) is 1. The number of aryl methyl sites for hydroxylation is 1. The summed E-state index contributed by atoms with van der Waals surface area (Å²) in [5, 5.41) is 3.40. The number of hydrogen-bond donors (Lipinski definition) is 1. The molecule has 1 unspecified atom stereocenters. The molecular weight excluding hydrogens is 202 g/mol. The van der Waals surface area contributed by atoms with E-state index in [2.05, 4.69) is 10.3 Å². The third kappa shape index (κ3) is 3.32. The van der Waals surface area contributed by atoms with Crippen LogP contribution in [0.1, 0.15) is 18.7 Å². The summed E-state index contributed by atoms with van der Waals surface area (Å²) in [6.07, 6.45) is 7.30. The van der Waals surface area contributed by atoms with Gasteiger partial charge in [-0.05, 0) is 25.3 Å². The average molecular weight is 223 g/mol. The molecule has 0 amide bonds. The molecule has 16 heavy (non-hydrogen) atoms. The Balaban J connectivity index is 1.59. The fourth-order valence-electron chi connectivity index (χ4n) is 2.12. The molecule has 1 aliphatic rings. The van der Waals surface area contributed by atoms with Gasteiger partial charge in [0.25, 0.3) is 0 Å². The average Bonchev–Trinajstić information content (AvgIpc) is 2.72. The summed E-state index contributed by atoms with van der Waals surface area (Å²) in [6.45, 7) is 3.95. The SMILES string of the molecule is Cn1ccnc1CCOCC1CCCNC1. The molecule has 90 valence electrons. The summed E-state index contributed by atoms with van der Waals surface area (Å²) in [5.74, 6) is 1.80. The summed E-state index contributed by atoms with van der Waals surface area (Å²) in [6, 6.07) is 0. The van der Waals surface area contributed by atoms with Crippen molar-refractivity contribution >= 4 is 0 Å². The van der Waals surface area contributed by atoms with Crippen molar-refractivity contribution in [1.29, 1.82) is 0 Å². The second-order valence-electron chi connectivity index (χ2n) is 4.49. The summed E-state index contributed by atoms with van der Waals surface area (Å²) in [4.78, 5) is 4.27. The highest BCUT2D eigenvalue weighted by Gasteiger charge is 2.12. The van der Waals surface area contributed by atoms with Crippen molar-refractivity contribution in [3.8, 4) is 0 Å². The minimum atomic E-state index is 0.704. The monoisotopic (exact) mass is 223 g/mol. The molecule has 1 fully saturated rings. The number of aromatic nitrogens is 2. The zero-order valence-corrected chi connectivity index (χ0v) is 9.98. The molecule has 1 atom stereocenters. The lowest BCUT2D eigenvalue weighted by molar-refractivity contribution is 0.0910. The first-order valence-electron chi connectivity index (χ1n) is 6.11. The standard InChI is InChI=1S/C12H21N3O/c1-15-7-6-14-12(15)4-8-16-10-11-3-2-5-13-9-11/h6-7,11,13H,2-5,8-10H2,1H3. The second kappa shape index (κ2) is 6.01. The first kappa shape index (κ1) is 11.6. The lowest BCUT2D eigenvalue weighted by Crippen LogP contribution is -2.32. The summed E-state index contributed by atoms with van der Waals surface area (Å²) >= 11 is 0. The topological polar surface area (TPSA) is 39.1 Å². The third-order valence-electron chi connectivity index (χ3n) is 3.14. The van der Waals surface area contributed by atoms with E-state index in [0.717, 1.165) is 32.0 Å². The normalized spacial score (nSPS) is 21.2. The molecular formula is C12H21N3O. The molecule has 4 heteroatoms. The maximum Gasteiger partial charge on any atom is 0.110 e. The van der Waals surface area contributed by atoms with Crippen molar-refractivity contribution < 1.29 is 4.74 Å². The molecule has 1 aromatic rings. The van der Waals surface area contributed by atoms with Gasteiger partial charge in [0.05, 0.1) is 13.2 Å². The van der Waals surface area contributed by atoms with Gasteiger partial charge in [0.15, 0.2) is 0 Å². The molecule has 0 aromatic carbocycles. The van der Waals surface area contributed by atoms with Crippen LogP contribution in [-0.4, -0.2) is 35.9 Å². The zero-order valence-electron chi connectivity index (χ0n) is 9.98. The van der Waals surface area contributed by atoms with Crippen molar-refractivity contribution in [2.45, 2.75) is 19.3 Å². The Bertz CT molecular complexity index is 305. The van der Waals surface area contributed by atoms with E-state index < -0.39 is 0 Å². The number of rotatable bonds is 5. The van der Waals surface area contributed by atoms with Crippen molar-refractivity contribution in [1.82, 2.24) is 14.9 Å². The van der Waals surface area contributed by atoms with Gasteiger partial charge in [-0.1, -0.05) is 0 Å². The maximum absolute atomic E-state index is 5.71. The van der Waals surface area contributed by atoms with Gasteiger partial charge in [0, 0.05) is 32.4 Å². The Morgan fingerprint density at radius 2 is 2.56 bits per heavy atom. The van der Waals surface area contributed by atoms with Crippen molar-refractivity contribution in [3.63, 3.8) is 0 Å². The predicted octanol–water partition coefficient (Wildman–Crippen LogP) is 0.979. The fourth-order valence-corrected chi connectivity index (χ4v) is 2.12. The zero-order chi connectivity index (χ0) is 11.2. The van der Waals surface area contributed by atoms with Crippen LogP contribution < -0.4 is 5.32 Å². The van der Waals surface area contributed by atoms with Gasteiger partial charge in [-0.15, -0.1) is 0 Å². The van der Waals surface area contributed by atoms with Gasteiger partial charge in [-0.2, -0.15) is 0 Å². The van der Waals surface area contributed by atoms with E-state index in [1.165, 1.54) is 19.4 Å². The molecule has 1 N–H and O–H groups in total. The first-order chi connectivity index (χ1) is 7.86. The molecule has 0 saturated carbocycles. The maximum atomic E-state index is 5.71. The largest absolute Gasteiger partial charge is 0.381 e. The number of nitrogens with zero attached hydrogens (tertiary/aromatic N) is 2. The highest BCUT2D eigenvalue weighted by atomic mass is 16.5. The lowest BCUT2D eigenvalue weighted by Gasteiger charge is -2.22. The van der Waals surface area contributed by atoms with E-state index in [9.17, 15) is 0 Å². The molecule has 2 heterocycles. The Morgan fingerprint density at radius 3 is 3.25 bits per heavy atom. The van der Waals surface area contributed by atoms with Crippen LogP contribution in [0.15, 0.2) is 12.4 Å². The molecule has 2 rings (SSSR count). The van der Waals surface area contributed by atoms with Gasteiger partial charge in [-0.25, -0.2) is 4.98 Å². The van der Waals surface area contributed by atoms with Gasteiger partial charge < -0.3 is 14.6 Å². The molecule has 0 radical (unpaired) electrons. The predicted molar refractivity (Wildman–Crippen MR) is 63.3 cm³/mol. The summed E-state index contributed by atoms with van der Waals surface area (Å²) in [5.41, 5.74) is 0. The molecule has 0 aliphatic carbocycles. The van der Waals surface area contributed by atoms with Crippen LogP contribution in [0.25, 0.3) is 0 Å². The van der Waals surface area contributed by atoms with Crippen LogP contribution in [0.5, 0.6) is 0 Å². The van der Waals surface area contributed by atoms with Crippen LogP contribution in [0, 0.1) is 5.92 Å². The molecule has 0 spiro atoms. The summed E-state index contributed by atoms with van der Waals surface area (Å²) in [7, 11) is 2.02. The Labute approximate surface area is 97.0 Å². The van der Waals surface area contributed by atoms with E-state index in [-0.39, 0.29) is 0 Å². The van der Waals surface area contributed by atoms with Gasteiger partial charge in [0.2, 0.25) is 0 Å². The molecule has 1 aliphatic heterocycles. The molecule has 0 bridgehead atoms. The van der Waals surface area contributed by atoms with Crippen LogP contribution >= 0.6 is 0 Å². The van der Waals surface area contributed by atoms with E-state index in [4.69, 9.17) is 4.74 Å². The second-order valence-corrected chi connectivity index (χ2v) is 4.49. The van der Waals surface area contributed by atoms with Crippen LogP contribution in [0.2, 0.25) is 0 Å². The number of nitrogens with one attached hydrogen (secondary N) is 1. The highest BCUT2D eigenvalue weighted by molar-refractivity contribution is 4.90. The van der Waals surface area contributed by atoms with Gasteiger partial charge in [0.1, 0.15) is 5.82 Å². The summed E-state index contributed by atoms with van der Waals surface area (Å²) < 4.78 is 7.76. The number of piperidine rings is 1. The van der Waals surface area contributed by atoms with Gasteiger partial charge >= 0.3 is 0 Å². The fraction of sp³-hybridized carbons (Fsp3) is 0.750. The quantitative estimate of drug-likeness (QED) is 0.756. The molecule has 1 saturated heterocycles. The van der Waals surface area contributed by atoms with Crippen LogP contribution in [-0.2, 0) is 18.2 Å². The smallest absolute Gasteiger partial charge is 0.110 e. The third-order valence-corrected chi connectivity index (χ3v) is 3.14. The molecule has 1 aromatic heterocycles. The van der Waals surface area contributed by atoms with E-state index in [1.54, 1.807) is 0 Å². The van der Waals surface area contributed by atoms with Gasteiger partial charge in [-0.3, -0.25) is 0 Å². The Kier molecular flexibility index (Phi) is 4.36. The van der Waals surface area contributed by atoms with Crippen molar-refractivity contribution in [2.75, 3.05) is 26.3 Å². The first-order valence-corrected chi connectivity index (χ1v) is 6.11. The van der Waals surface area contributed by atoms with E-state index in [1.807, 2.05) is 24.0 Å². The number of hydrogen-bond acceptors (Lipinski definition) is 3. The highest BCUT2D eigenvalue weighted by Crippen LogP contribution is 2.10. The van der Waals surface area contributed by atoms with E-state index >= 15 is 0 Å². The van der Waals surface area contributed by atoms with Crippen LogP contribution in [0.4, 0.5) is 0 Å². The lowest BCUT2D eigenvalue weighted by atomic mass is 10.0. The number of imidazole rings is 1. The van der Waals surface area contributed by atoms with Crippen molar-refractivity contribution in [3.05, 3.63) is 18.2 Å².